The summed E-state index contributed by atoms with van der Waals surface area (Å²) in [6.07, 6.45) is 0.542. The van der Waals surface area contributed by atoms with Crippen LogP contribution in [0.4, 0.5) is 0 Å². The van der Waals surface area contributed by atoms with E-state index in [1.165, 1.54) is 7.11 Å². The summed E-state index contributed by atoms with van der Waals surface area (Å²) in [4.78, 5) is 22.7. The third kappa shape index (κ3) is 5.12. The Morgan fingerprint density at radius 3 is 2.45 bits per heavy atom. The number of allylic oxidation sites excluding steroid dienone is 1. The van der Waals surface area contributed by atoms with Gasteiger partial charge in [-0.3, -0.25) is 9.59 Å². The summed E-state index contributed by atoms with van der Waals surface area (Å²) in [6, 6.07) is 4.94. The normalized spacial score (nSPS) is 11.0. The zero-order valence-corrected chi connectivity index (χ0v) is 12.9. The molecule has 1 rings (SSSR count). The van der Waals surface area contributed by atoms with E-state index in [1.807, 2.05) is 13.8 Å². The lowest BCUT2D eigenvalue weighted by molar-refractivity contribution is -0.142. The quantitative estimate of drug-likeness (QED) is 0.344. The Balaban J connectivity index is 3.06. The van der Waals surface area contributed by atoms with E-state index in [4.69, 9.17) is 9.47 Å². The van der Waals surface area contributed by atoms with Crippen molar-refractivity contribution < 1.29 is 28.9 Å². The molecule has 0 fully saturated rings. The van der Waals surface area contributed by atoms with E-state index in [9.17, 15) is 14.7 Å². The van der Waals surface area contributed by atoms with Crippen molar-refractivity contribution in [2.24, 2.45) is 0 Å². The highest BCUT2D eigenvalue weighted by atomic mass is 16.5. The molecule has 0 radical (unpaired) electrons. The lowest BCUT2D eigenvalue weighted by Crippen LogP contribution is -2.07. The molecular weight excluding hydrogens is 288 g/mol. The first-order valence-corrected chi connectivity index (χ1v) is 6.92. The summed E-state index contributed by atoms with van der Waals surface area (Å²) >= 11 is 0. The number of hydrogen-bond acceptors (Lipinski definition) is 6. The van der Waals surface area contributed by atoms with Gasteiger partial charge in [-0.05, 0) is 32.0 Å². The molecule has 0 aliphatic rings. The molecule has 6 nitrogen and oxygen atoms in total. The zero-order chi connectivity index (χ0) is 16.5. The maximum Gasteiger partial charge on any atom is 0.313 e. The van der Waals surface area contributed by atoms with Crippen molar-refractivity contribution in [2.45, 2.75) is 20.3 Å². The maximum absolute atomic E-state index is 11.7. The second kappa shape index (κ2) is 8.71. The van der Waals surface area contributed by atoms with Gasteiger partial charge in [0.1, 0.15) is 23.7 Å². The molecule has 0 unspecified atom stereocenters. The number of aliphatic hydroxyl groups is 1. The molecule has 120 valence electrons. The SMILES string of the molecule is CCOc1ccc(OCC)c(/C(O)=C/C(=O)CC(=O)OC)c1. The van der Waals surface area contributed by atoms with Gasteiger partial charge in [0.15, 0.2) is 5.78 Å². The summed E-state index contributed by atoms with van der Waals surface area (Å²) in [5.74, 6) is -0.554. The van der Waals surface area contributed by atoms with Gasteiger partial charge < -0.3 is 19.3 Å². The number of methoxy groups -OCH3 is 1. The molecule has 0 aromatic heterocycles. The smallest absolute Gasteiger partial charge is 0.313 e. The predicted octanol–water partition coefficient (Wildman–Crippen LogP) is 2.52. The molecule has 22 heavy (non-hydrogen) atoms. The monoisotopic (exact) mass is 308 g/mol. The minimum atomic E-state index is -0.665. The van der Waals surface area contributed by atoms with Crippen LogP contribution in [0.5, 0.6) is 11.5 Å². The topological polar surface area (TPSA) is 82.1 Å². The molecule has 6 heteroatoms. The van der Waals surface area contributed by atoms with E-state index in [0.29, 0.717) is 30.3 Å². The second-order valence-corrected chi connectivity index (χ2v) is 4.27. The van der Waals surface area contributed by atoms with Gasteiger partial charge >= 0.3 is 5.97 Å². The fraction of sp³-hybridized carbons (Fsp3) is 0.375. The molecule has 0 heterocycles. The number of esters is 1. The highest BCUT2D eigenvalue weighted by molar-refractivity contribution is 6.05. The Hall–Kier alpha value is -2.50. The first kappa shape index (κ1) is 17.6. The maximum atomic E-state index is 11.7. The van der Waals surface area contributed by atoms with Gasteiger partial charge in [0.25, 0.3) is 0 Å². The molecule has 1 N–H and O–H groups in total. The Morgan fingerprint density at radius 2 is 1.86 bits per heavy atom. The first-order chi connectivity index (χ1) is 10.5. The van der Waals surface area contributed by atoms with Crippen LogP contribution in [0.15, 0.2) is 24.3 Å². The first-order valence-electron chi connectivity index (χ1n) is 6.92. The summed E-state index contributed by atoms with van der Waals surface area (Å²) in [7, 11) is 1.19. The third-order valence-corrected chi connectivity index (χ3v) is 2.68. The van der Waals surface area contributed by atoms with Crippen LogP contribution in [-0.2, 0) is 14.3 Å². The van der Waals surface area contributed by atoms with E-state index in [0.717, 1.165) is 6.08 Å². The van der Waals surface area contributed by atoms with E-state index >= 15 is 0 Å². The molecule has 1 aromatic carbocycles. The lowest BCUT2D eigenvalue weighted by atomic mass is 10.1. The highest BCUT2D eigenvalue weighted by Crippen LogP contribution is 2.29. The minimum Gasteiger partial charge on any atom is -0.507 e. The van der Waals surface area contributed by atoms with Gasteiger partial charge in [-0.1, -0.05) is 0 Å². The number of carbonyl (C=O) groups is 2. The molecule has 0 bridgehead atoms. The number of hydrogen-bond donors (Lipinski definition) is 1. The van der Waals surface area contributed by atoms with E-state index in [-0.39, 0.29) is 5.76 Å². The minimum absolute atomic E-state index is 0.293. The van der Waals surface area contributed by atoms with Crippen LogP contribution in [0.2, 0.25) is 0 Å². The Labute approximate surface area is 129 Å². The fourth-order valence-electron chi connectivity index (χ4n) is 1.74. The fourth-order valence-corrected chi connectivity index (χ4v) is 1.74. The number of benzene rings is 1. The van der Waals surface area contributed by atoms with E-state index in [1.54, 1.807) is 18.2 Å². The Bertz CT molecular complexity index is 562. The average Bonchev–Trinajstić information content (AvgIpc) is 2.48. The van der Waals surface area contributed by atoms with Gasteiger partial charge in [-0.25, -0.2) is 0 Å². The molecular formula is C16H20O6. The molecule has 0 atom stereocenters. The molecule has 0 saturated heterocycles. The number of aliphatic hydroxyl groups excluding tert-OH is 1. The summed E-state index contributed by atoms with van der Waals surface area (Å²) < 4.78 is 15.2. The predicted molar refractivity (Wildman–Crippen MR) is 81.0 cm³/mol. The van der Waals surface area contributed by atoms with Gasteiger partial charge in [0, 0.05) is 6.08 Å². The molecule has 1 aromatic rings. The van der Waals surface area contributed by atoms with Crippen molar-refractivity contribution in [3.63, 3.8) is 0 Å². The lowest BCUT2D eigenvalue weighted by Gasteiger charge is -2.12. The van der Waals surface area contributed by atoms with Crippen LogP contribution in [0.25, 0.3) is 5.76 Å². The second-order valence-electron chi connectivity index (χ2n) is 4.27. The Morgan fingerprint density at radius 1 is 1.18 bits per heavy atom. The largest absolute Gasteiger partial charge is 0.507 e. The van der Waals surface area contributed by atoms with E-state index in [2.05, 4.69) is 4.74 Å². The summed E-state index contributed by atoms with van der Waals surface area (Å²) in [6.45, 7) is 4.53. The number of ketones is 1. The summed E-state index contributed by atoms with van der Waals surface area (Å²) in [5.41, 5.74) is 0.325. The number of carbonyl (C=O) groups excluding carboxylic acids is 2. The molecule has 0 aliphatic heterocycles. The van der Waals surface area contributed by atoms with E-state index < -0.39 is 18.2 Å². The van der Waals surface area contributed by atoms with Crippen LogP contribution in [-0.4, -0.2) is 37.2 Å². The van der Waals surface area contributed by atoms with Crippen molar-refractivity contribution in [1.82, 2.24) is 0 Å². The Kier molecular flexibility index (Phi) is 6.95. The number of rotatable bonds is 8. The van der Waals surface area contributed by atoms with Crippen molar-refractivity contribution in [2.75, 3.05) is 20.3 Å². The van der Waals surface area contributed by atoms with Crippen molar-refractivity contribution in [3.05, 3.63) is 29.8 Å². The zero-order valence-electron chi connectivity index (χ0n) is 12.9. The van der Waals surface area contributed by atoms with Gasteiger partial charge in [-0.2, -0.15) is 0 Å². The highest BCUT2D eigenvalue weighted by Gasteiger charge is 2.13. The molecule has 0 aliphatic carbocycles. The van der Waals surface area contributed by atoms with Crippen LogP contribution in [0, 0.1) is 0 Å². The molecule has 0 saturated carbocycles. The van der Waals surface area contributed by atoms with Crippen molar-refractivity contribution in [3.8, 4) is 11.5 Å². The average molecular weight is 308 g/mol. The standard InChI is InChI=1S/C16H20O6/c1-4-21-12-6-7-15(22-5-2)13(10-12)14(18)8-11(17)9-16(19)20-3/h6-8,10,18H,4-5,9H2,1-3H3/b14-8-. The summed E-state index contributed by atoms with van der Waals surface area (Å²) in [5, 5.41) is 10.1. The van der Waals surface area contributed by atoms with Crippen LogP contribution < -0.4 is 9.47 Å². The van der Waals surface area contributed by atoms with Gasteiger partial charge in [0.2, 0.25) is 0 Å². The van der Waals surface area contributed by atoms with Crippen LogP contribution in [0.3, 0.4) is 0 Å². The molecule has 0 amide bonds. The van der Waals surface area contributed by atoms with Crippen molar-refractivity contribution >= 4 is 17.5 Å². The third-order valence-electron chi connectivity index (χ3n) is 2.68. The van der Waals surface area contributed by atoms with Crippen LogP contribution in [0.1, 0.15) is 25.8 Å². The van der Waals surface area contributed by atoms with Gasteiger partial charge in [-0.15, -0.1) is 0 Å². The van der Waals surface area contributed by atoms with Crippen LogP contribution >= 0.6 is 0 Å². The van der Waals surface area contributed by atoms with Gasteiger partial charge in [0.05, 0.1) is 25.9 Å². The van der Waals surface area contributed by atoms with Crippen molar-refractivity contribution in [1.29, 1.82) is 0 Å². The number of ether oxygens (including phenoxy) is 3. The molecule has 0 spiro atoms.